The Morgan fingerprint density at radius 3 is 2.85 bits per heavy atom. The Morgan fingerprint density at radius 1 is 1.46 bits per heavy atom. The Balaban J connectivity index is 2.22. The fourth-order valence-corrected chi connectivity index (χ4v) is 1.31. The summed E-state index contributed by atoms with van der Waals surface area (Å²) in [5.41, 5.74) is 7.60. The molecule has 0 aliphatic carbocycles. The lowest BCUT2D eigenvalue weighted by molar-refractivity contribution is 0.255. The SMILES string of the molecule is CCCC1=CN(CCC(C)C)NN1. The normalized spacial score (nSPS) is 16.3. The smallest absolute Gasteiger partial charge is 0.0453 e. The Bertz CT molecular complexity index is 175. The molecule has 1 aliphatic rings. The topological polar surface area (TPSA) is 27.3 Å². The van der Waals surface area contributed by atoms with Gasteiger partial charge in [0.2, 0.25) is 0 Å². The van der Waals surface area contributed by atoms with Crippen LogP contribution in [0, 0.1) is 5.92 Å². The summed E-state index contributed by atoms with van der Waals surface area (Å²) in [6.07, 6.45) is 5.72. The highest BCUT2D eigenvalue weighted by molar-refractivity contribution is 5.01. The third-order valence-electron chi connectivity index (χ3n) is 2.14. The molecule has 3 heteroatoms. The van der Waals surface area contributed by atoms with E-state index < -0.39 is 0 Å². The number of hydrazine groups is 2. The average Bonchev–Trinajstić information content (AvgIpc) is 2.50. The van der Waals surface area contributed by atoms with Gasteiger partial charge in [-0.1, -0.05) is 27.2 Å². The van der Waals surface area contributed by atoms with Gasteiger partial charge in [0.05, 0.1) is 0 Å². The first-order chi connectivity index (χ1) is 6.22. The molecule has 2 N–H and O–H groups in total. The molecule has 0 unspecified atom stereocenters. The molecule has 0 aromatic rings. The quantitative estimate of drug-likeness (QED) is 0.682. The van der Waals surface area contributed by atoms with Crippen molar-refractivity contribution in [2.75, 3.05) is 6.54 Å². The molecule has 1 heterocycles. The van der Waals surface area contributed by atoms with Gasteiger partial charge in [-0.15, -0.1) is 5.53 Å². The van der Waals surface area contributed by atoms with Gasteiger partial charge in [0, 0.05) is 18.4 Å². The molecule has 0 spiro atoms. The van der Waals surface area contributed by atoms with Crippen LogP contribution in [0.3, 0.4) is 0 Å². The first-order valence-corrected chi connectivity index (χ1v) is 5.21. The van der Waals surface area contributed by atoms with Gasteiger partial charge in [-0.3, -0.25) is 5.01 Å². The molecule has 0 fully saturated rings. The second kappa shape index (κ2) is 5.12. The monoisotopic (exact) mass is 183 g/mol. The number of nitrogens with one attached hydrogen (secondary N) is 2. The zero-order chi connectivity index (χ0) is 9.68. The predicted molar refractivity (Wildman–Crippen MR) is 55.4 cm³/mol. The summed E-state index contributed by atoms with van der Waals surface area (Å²) < 4.78 is 0. The van der Waals surface area contributed by atoms with E-state index >= 15 is 0 Å². The van der Waals surface area contributed by atoms with Crippen LogP contribution in [0.4, 0.5) is 0 Å². The van der Waals surface area contributed by atoms with Crippen molar-refractivity contribution < 1.29 is 0 Å². The minimum absolute atomic E-state index is 0.769. The van der Waals surface area contributed by atoms with Crippen LogP contribution in [-0.2, 0) is 0 Å². The number of rotatable bonds is 5. The lowest BCUT2D eigenvalue weighted by atomic mass is 10.1. The Morgan fingerprint density at radius 2 is 2.23 bits per heavy atom. The molecule has 0 amide bonds. The van der Waals surface area contributed by atoms with Gasteiger partial charge in [0.1, 0.15) is 0 Å². The molecule has 76 valence electrons. The van der Waals surface area contributed by atoms with E-state index in [1.54, 1.807) is 0 Å². The molecular formula is C10H21N3. The van der Waals surface area contributed by atoms with Crippen molar-refractivity contribution in [3.05, 3.63) is 11.9 Å². The Kier molecular flexibility index (Phi) is 4.09. The predicted octanol–water partition coefficient (Wildman–Crippen LogP) is 2.00. The summed E-state index contributed by atoms with van der Waals surface area (Å²) in [6.45, 7) is 7.78. The van der Waals surface area contributed by atoms with Crippen LogP contribution in [0.2, 0.25) is 0 Å². The van der Waals surface area contributed by atoms with E-state index in [-0.39, 0.29) is 0 Å². The van der Waals surface area contributed by atoms with Crippen molar-refractivity contribution in [1.29, 1.82) is 0 Å². The number of hydrogen-bond acceptors (Lipinski definition) is 3. The second-order valence-corrected chi connectivity index (χ2v) is 4.02. The second-order valence-electron chi connectivity index (χ2n) is 4.02. The van der Waals surface area contributed by atoms with Crippen LogP contribution in [0.5, 0.6) is 0 Å². The van der Waals surface area contributed by atoms with Crippen molar-refractivity contribution in [3.8, 4) is 0 Å². The molecule has 0 atom stereocenters. The number of allylic oxidation sites excluding steroid dienone is 1. The van der Waals surface area contributed by atoms with Gasteiger partial charge in [-0.2, -0.15) is 0 Å². The van der Waals surface area contributed by atoms with E-state index in [1.165, 1.54) is 18.5 Å². The van der Waals surface area contributed by atoms with Crippen molar-refractivity contribution in [1.82, 2.24) is 16.0 Å². The zero-order valence-corrected chi connectivity index (χ0v) is 8.93. The van der Waals surface area contributed by atoms with Gasteiger partial charge in [-0.25, -0.2) is 0 Å². The zero-order valence-electron chi connectivity index (χ0n) is 8.93. The lowest BCUT2D eigenvalue weighted by Gasteiger charge is -2.15. The van der Waals surface area contributed by atoms with Crippen LogP contribution < -0.4 is 11.0 Å². The van der Waals surface area contributed by atoms with Gasteiger partial charge in [0.25, 0.3) is 0 Å². The molecule has 1 aliphatic heterocycles. The van der Waals surface area contributed by atoms with Crippen LogP contribution >= 0.6 is 0 Å². The molecule has 0 bridgehead atoms. The Hall–Kier alpha value is -0.700. The summed E-state index contributed by atoms with van der Waals surface area (Å²) in [7, 11) is 0. The third-order valence-corrected chi connectivity index (χ3v) is 2.14. The summed E-state index contributed by atoms with van der Waals surface area (Å²) in [6, 6.07) is 0. The first-order valence-electron chi connectivity index (χ1n) is 5.21. The molecule has 1 rings (SSSR count). The van der Waals surface area contributed by atoms with Gasteiger partial charge in [0.15, 0.2) is 0 Å². The summed E-state index contributed by atoms with van der Waals surface area (Å²) in [4.78, 5) is 0. The maximum atomic E-state index is 3.17. The molecule has 0 aromatic carbocycles. The maximum Gasteiger partial charge on any atom is 0.0453 e. The van der Waals surface area contributed by atoms with E-state index in [9.17, 15) is 0 Å². The molecule has 13 heavy (non-hydrogen) atoms. The van der Waals surface area contributed by atoms with Gasteiger partial charge in [-0.05, 0) is 18.8 Å². The van der Waals surface area contributed by atoms with E-state index in [1.807, 2.05) is 0 Å². The molecular weight excluding hydrogens is 162 g/mol. The maximum absolute atomic E-state index is 3.17. The summed E-state index contributed by atoms with van der Waals surface area (Å²) in [5, 5.41) is 2.13. The van der Waals surface area contributed by atoms with Gasteiger partial charge >= 0.3 is 0 Å². The van der Waals surface area contributed by atoms with E-state index in [2.05, 4.69) is 42.9 Å². The fraction of sp³-hybridized carbons (Fsp3) is 0.800. The molecule has 0 radical (unpaired) electrons. The highest BCUT2D eigenvalue weighted by Gasteiger charge is 2.09. The third kappa shape index (κ3) is 3.68. The van der Waals surface area contributed by atoms with Crippen LogP contribution in [0.1, 0.15) is 40.0 Å². The summed E-state index contributed by atoms with van der Waals surface area (Å²) >= 11 is 0. The van der Waals surface area contributed by atoms with Crippen LogP contribution in [0.25, 0.3) is 0 Å². The molecule has 0 aromatic heterocycles. The standard InChI is InChI=1S/C10H21N3/c1-4-5-10-8-13(12-11-10)7-6-9(2)3/h8-9,11-12H,4-7H2,1-3H3. The van der Waals surface area contributed by atoms with Crippen molar-refractivity contribution in [2.24, 2.45) is 5.92 Å². The molecule has 3 nitrogen and oxygen atoms in total. The van der Waals surface area contributed by atoms with Gasteiger partial charge < -0.3 is 5.43 Å². The van der Waals surface area contributed by atoms with E-state index in [4.69, 9.17) is 0 Å². The van der Waals surface area contributed by atoms with Crippen LogP contribution in [-0.4, -0.2) is 11.6 Å². The first kappa shape index (κ1) is 10.4. The minimum atomic E-state index is 0.769. The molecule has 0 saturated heterocycles. The molecule has 0 saturated carbocycles. The minimum Gasteiger partial charge on any atom is -0.306 e. The summed E-state index contributed by atoms with van der Waals surface area (Å²) in [5.74, 6) is 0.769. The van der Waals surface area contributed by atoms with Crippen molar-refractivity contribution in [3.63, 3.8) is 0 Å². The van der Waals surface area contributed by atoms with E-state index in [0.717, 1.165) is 18.9 Å². The average molecular weight is 183 g/mol. The van der Waals surface area contributed by atoms with Crippen molar-refractivity contribution in [2.45, 2.75) is 40.0 Å². The number of hydrogen-bond donors (Lipinski definition) is 2. The van der Waals surface area contributed by atoms with Crippen molar-refractivity contribution >= 4 is 0 Å². The fourth-order valence-electron chi connectivity index (χ4n) is 1.31. The van der Waals surface area contributed by atoms with E-state index in [0.29, 0.717) is 0 Å². The Labute approximate surface area is 81.1 Å². The largest absolute Gasteiger partial charge is 0.306 e. The number of nitrogens with zero attached hydrogens (tertiary/aromatic N) is 1. The lowest BCUT2D eigenvalue weighted by Crippen LogP contribution is -2.37. The highest BCUT2D eigenvalue weighted by Crippen LogP contribution is 2.08. The van der Waals surface area contributed by atoms with Crippen LogP contribution in [0.15, 0.2) is 11.9 Å². The highest BCUT2D eigenvalue weighted by atomic mass is 15.7.